The zero-order valence-electron chi connectivity index (χ0n) is 15.5. The molecule has 3 aliphatic rings. The molecule has 2 bridgehead atoms. The van der Waals surface area contributed by atoms with Crippen LogP contribution in [0.15, 0.2) is 22.7 Å². The van der Waals surface area contributed by atoms with Crippen LogP contribution in [-0.2, 0) is 9.47 Å². The predicted molar refractivity (Wildman–Crippen MR) is 106 cm³/mol. The first-order valence-electron chi connectivity index (χ1n) is 9.41. The van der Waals surface area contributed by atoms with Gasteiger partial charge < -0.3 is 19.3 Å². The Morgan fingerprint density at radius 1 is 1.37 bits per heavy atom. The number of fused-ring (bicyclic) bond motifs is 4. The monoisotopic (exact) mass is 436 g/mol. The summed E-state index contributed by atoms with van der Waals surface area (Å²) in [4.78, 5) is 17.8. The average molecular weight is 437 g/mol. The Kier molecular flexibility index (Phi) is 5.77. The summed E-state index contributed by atoms with van der Waals surface area (Å²) in [5.74, 6) is 0.462. The Hall–Kier alpha value is -1.48. The fourth-order valence-corrected chi connectivity index (χ4v) is 4.55. The first-order chi connectivity index (χ1) is 13.2. The number of H-pyrrole nitrogens is 1. The Balaban J connectivity index is 1.59. The summed E-state index contributed by atoms with van der Waals surface area (Å²) in [7, 11) is 1.65. The van der Waals surface area contributed by atoms with Gasteiger partial charge in [-0.05, 0) is 50.0 Å². The van der Waals surface area contributed by atoms with Crippen molar-refractivity contribution in [1.82, 2.24) is 20.0 Å². The van der Waals surface area contributed by atoms with E-state index < -0.39 is 0 Å². The summed E-state index contributed by atoms with van der Waals surface area (Å²) >= 11 is 3.46. The van der Waals surface area contributed by atoms with Gasteiger partial charge in [0.05, 0.1) is 18.7 Å². The van der Waals surface area contributed by atoms with Crippen LogP contribution in [0, 0.1) is 5.92 Å². The molecule has 146 valence electrons. The van der Waals surface area contributed by atoms with Crippen LogP contribution in [0.3, 0.4) is 0 Å². The third-order valence-corrected chi connectivity index (χ3v) is 6.17. The lowest BCUT2D eigenvalue weighted by Gasteiger charge is -2.48. The second kappa shape index (κ2) is 8.26. The molecule has 1 atom stereocenters. The molecule has 3 saturated heterocycles. The highest BCUT2D eigenvalue weighted by atomic mass is 79.9. The van der Waals surface area contributed by atoms with Gasteiger partial charge in [-0.1, -0.05) is 15.9 Å². The Bertz CT molecular complexity index is 803. The summed E-state index contributed by atoms with van der Waals surface area (Å²) in [6.07, 6.45) is 2.28. The minimum atomic E-state index is -0.0697. The molecule has 1 aromatic heterocycles. The molecule has 3 aliphatic heterocycles. The van der Waals surface area contributed by atoms with E-state index in [1.165, 1.54) is 0 Å². The molecule has 0 aliphatic carbocycles. The molecule has 5 rings (SSSR count). The molecule has 7 nitrogen and oxygen atoms in total. The van der Waals surface area contributed by atoms with Crippen LogP contribution in [0.2, 0.25) is 0 Å². The van der Waals surface area contributed by atoms with Crippen molar-refractivity contribution in [3.05, 3.63) is 28.4 Å². The summed E-state index contributed by atoms with van der Waals surface area (Å²) in [5, 5.41) is 8.15. The molecule has 1 amide bonds. The van der Waals surface area contributed by atoms with Crippen LogP contribution in [0.4, 0.5) is 0 Å². The lowest BCUT2D eigenvalue weighted by molar-refractivity contribution is -0.0485. The molecule has 8 heteroatoms. The molecular weight excluding hydrogens is 412 g/mol. The van der Waals surface area contributed by atoms with E-state index in [2.05, 4.69) is 31.0 Å². The minimum Gasteiger partial charge on any atom is -0.382 e. The van der Waals surface area contributed by atoms with Crippen molar-refractivity contribution in [2.75, 3.05) is 46.7 Å². The van der Waals surface area contributed by atoms with Crippen molar-refractivity contribution in [2.24, 2.45) is 5.92 Å². The number of nitrogens with one attached hydrogen (secondary N) is 1. The number of hydrogen-bond donors (Lipinski definition) is 1. The van der Waals surface area contributed by atoms with E-state index >= 15 is 0 Å². The van der Waals surface area contributed by atoms with Crippen LogP contribution >= 0.6 is 15.9 Å². The van der Waals surface area contributed by atoms with Gasteiger partial charge in [-0.2, -0.15) is 5.10 Å². The molecule has 3 fully saturated rings. The van der Waals surface area contributed by atoms with Gasteiger partial charge in [-0.25, -0.2) is 0 Å². The van der Waals surface area contributed by atoms with Crippen molar-refractivity contribution in [3.63, 3.8) is 0 Å². The van der Waals surface area contributed by atoms with Gasteiger partial charge in [0.25, 0.3) is 5.91 Å². The van der Waals surface area contributed by atoms with Gasteiger partial charge in [0.2, 0.25) is 0 Å². The van der Waals surface area contributed by atoms with Crippen molar-refractivity contribution in [2.45, 2.75) is 18.9 Å². The second-order valence-electron chi connectivity index (χ2n) is 7.27. The van der Waals surface area contributed by atoms with Gasteiger partial charge in [0, 0.05) is 29.6 Å². The molecule has 0 saturated carbocycles. The maximum atomic E-state index is 13.4. The van der Waals surface area contributed by atoms with E-state index in [0.717, 1.165) is 47.9 Å². The van der Waals surface area contributed by atoms with Crippen LogP contribution in [-0.4, -0.2) is 78.6 Å². The highest BCUT2D eigenvalue weighted by Crippen LogP contribution is 2.32. The number of carbonyl (C=O) groups is 1. The first-order valence-corrected chi connectivity index (χ1v) is 10.2. The van der Waals surface area contributed by atoms with Crippen molar-refractivity contribution < 1.29 is 14.3 Å². The van der Waals surface area contributed by atoms with Gasteiger partial charge in [-0.15, -0.1) is 0 Å². The molecule has 0 spiro atoms. The number of aromatic nitrogens is 2. The highest BCUT2D eigenvalue weighted by molar-refractivity contribution is 9.10. The van der Waals surface area contributed by atoms with E-state index in [9.17, 15) is 4.79 Å². The zero-order chi connectivity index (χ0) is 18.8. The highest BCUT2D eigenvalue weighted by Gasteiger charge is 2.40. The van der Waals surface area contributed by atoms with Crippen LogP contribution in [0.5, 0.6) is 0 Å². The smallest absolute Gasteiger partial charge is 0.277 e. The normalized spacial score (nSPS) is 24.4. The van der Waals surface area contributed by atoms with Gasteiger partial charge in [0.1, 0.15) is 6.73 Å². The fraction of sp³-hybridized carbons (Fsp3) is 0.579. The number of methoxy groups -OCH3 is 1. The summed E-state index contributed by atoms with van der Waals surface area (Å²) in [6, 6.07) is 5.97. The van der Waals surface area contributed by atoms with Gasteiger partial charge in [-0.3, -0.25) is 9.89 Å². The quantitative estimate of drug-likeness (QED) is 0.533. The molecule has 2 aromatic rings. The summed E-state index contributed by atoms with van der Waals surface area (Å²) < 4.78 is 11.8. The first kappa shape index (κ1) is 18.9. The van der Waals surface area contributed by atoms with E-state index in [1.807, 2.05) is 23.1 Å². The average Bonchev–Trinajstić information content (AvgIpc) is 3.11. The number of aromatic amines is 1. The lowest BCUT2D eigenvalue weighted by Crippen LogP contribution is -2.59. The third kappa shape index (κ3) is 3.89. The molecule has 0 radical (unpaired) electrons. The largest absolute Gasteiger partial charge is 0.382 e. The van der Waals surface area contributed by atoms with Crippen molar-refractivity contribution in [3.8, 4) is 0 Å². The van der Waals surface area contributed by atoms with Crippen LogP contribution in [0.25, 0.3) is 10.9 Å². The number of halogens is 1. The second-order valence-corrected chi connectivity index (χ2v) is 8.19. The predicted octanol–water partition coefficient (Wildman–Crippen LogP) is 2.48. The van der Waals surface area contributed by atoms with E-state index in [1.54, 1.807) is 7.11 Å². The zero-order valence-corrected chi connectivity index (χ0v) is 17.1. The summed E-state index contributed by atoms with van der Waals surface area (Å²) in [5.41, 5.74) is 1.31. The number of benzene rings is 1. The standard InChI is InChI=1S/C19H25BrN4O3/c1-26-8-9-27-12-24(17-11-23-6-4-13(17)5-7-23)19(25)18-15-3-2-14(20)10-16(15)21-22-18/h2-3,10,13,17H,4-9,11-12H2,1H3,(H,21,22)/t17-/m1/s1. The molecule has 27 heavy (non-hydrogen) atoms. The van der Waals surface area contributed by atoms with Crippen molar-refractivity contribution >= 4 is 32.7 Å². The van der Waals surface area contributed by atoms with E-state index in [0.29, 0.717) is 24.8 Å². The molecule has 1 aromatic carbocycles. The van der Waals surface area contributed by atoms with Gasteiger partial charge >= 0.3 is 0 Å². The minimum absolute atomic E-state index is 0.0697. The Morgan fingerprint density at radius 3 is 2.89 bits per heavy atom. The maximum Gasteiger partial charge on any atom is 0.277 e. The van der Waals surface area contributed by atoms with Gasteiger partial charge in [0.15, 0.2) is 5.69 Å². The molecule has 4 heterocycles. The van der Waals surface area contributed by atoms with Crippen LogP contribution in [0.1, 0.15) is 23.3 Å². The van der Waals surface area contributed by atoms with E-state index in [-0.39, 0.29) is 18.7 Å². The number of ether oxygens (including phenoxy) is 2. The fourth-order valence-electron chi connectivity index (χ4n) is 4.19. The molecule has 0 unspecified atom stereocenters. The number of hydrogen-bond acceptors (Lipinski definition) is 5. The SMILES string of the molecule is COCCOCN(C(=O)c1n[nH]c2cc(Br)ccc12)[C@@H]1CN2CCC1CC2. The van der Waals surface area contributed by atoms with E-state index in [4.69, 9.17) is 9.47 Å². The topological polar surface area (TPSA) is 70.7 Å². The lowest BCUT2D eigenvalue weighted by atomic mass is 9.83. The Labute approximate surface area is 167 Å². The third-order valence-electron chi connectivity index (χ3n) is 5.67. The maximum absolute atomic E-state index is 13.4. The number of piperidine rings is 3. The molecular formula is C19H25BrN4O3. The Morgan fingerprint density at radius 2 is 2.19 bits per heavy atom. The van der Waals surface area contributed by atoms with Crippen molar-refractivity contribution in [1.29, 1.82) is 0 Å². The number of rotatable bonds is 7. The number of amides is 1. The number of nitrogens with zero attached hydrogens (tertiary/aromatic N) is 3. The summed E-state index contributed by atoms with van der Waals surface area (Å²) in [6.45, 7) is 4.43. The molecule has 1 N–H and O–H groups in total. The number of carbonyl (C=O) groups excluding carboxylic acids is 1. The van der Waals surface area contributed by atoms with Crippen LogP contribution < -0.4 is 0 Å².